The van der Waals surface area contributed by atoms with Crippen LogP contribution in [0.2, 0.25) is 5.02 Å². The second-order valence-corrected chi connectivity index (χ2v) is 7.05. The molecule has 1 aromatic heterocycles. The summed E-state index contributed by atoms with van der Waals surface area (Å²) in [5.41, 5.74) is 0.731. The Morgan fingerprint density at radius 2 is 1.89 bits per heavy atom. The van der Waals surface area contributed by atoms with Crippen molar-refractivity contribution in [3.63, 3.8) is 0 Å². The maximum absolute atomic E-state index is 12.4. The number of nitrogens with zero attached hydrogens (tertiary/aromatic N) is 2. The number of ketones is 1. The second-order valence-electron chi connectivity index (χ2n) is 5.65. The minimum Gasteiger partial charge on any atom is -0.497 e. The molecule has 3 rings (SSSR count). The zero-order chi connectivity index (χ0) is 20.1. The molecule has 0 saturated heterocycles. The summed E-state index contributed by atoms with van der Waals surface area (Å²) in [6.07, 6.45) is 0. The molecule has 0 spiro atoms. The normalized spacial score (nSPS) is 10.3. The standard InChI is InChI=1S/C20H14ClN3O3S/c1-27-15-8-4-12(5-9-15)17(25)11-28-20-23-18(16(10-22)19(26)24-20)13-2-6-14(21)7-3-13/h2-9H,11H2,1H3,(H,23,24,26). The van der Waals surface area contributed by atoms with E-state index in [1.54, 1.807) is 55.6 Å². The van der Waals surface area contributed by atoms with E-state index < -0.39 is 5.56 Å². The van der Waals surface area contributed by atoms with E-state index in [4.69, 9.17) is 16.3 Å². The van der Waals surface area contributed by atoms with Crippen molar-refractivity contribution in [3.05, 3.63) is 75.0 Å². The Labute approximate surface area is 170 Å². The molecule has 1 heterocycles. The van der Waals surface area contributed by atoms with E-state index in [1.807, 2.05) is 6.07 Å². The summed E-state index contributed by atoms with van der Waals surface area (Å²) in [4.78, 5) is 31.5. The van der Waals surface area contributed by atoms with Crippen molar-refractivity contribution in [2.24, 2.45) is 0 Å². The maximum Gasteiger partial charge on any atom is 0.270 e. The van der Waals surface area contributed by atoms with Crippen LogP contribution in [0.1, 0.15) is 15.9 Å². The quantitative estimate of drug-likeness (QED) is 0.375. The molecule has 2 aromatic carbocycles. The van der Waals surface area contributed by atoms with Gasteiger partial charge in [0.05, 0.1) is 18.6 Å². The lowest BCUT2D eigenvalue weighted by Crippen LogP contribution is -2.15. The van der Waals surface area contributed by atoms with Crippen LogP contribution in [0.15, 0.2) is 58.5 Å². The summed E-state index contributed by atoms with van der Waals surface area (Å²) in [6, 6.07) is 15.3. The van der Waals surface area contributed by atoms with Crippen LogP contribution >= 0.6 is 23.4 Å². The van der Waals surface area contributed by atoms with E-state index in [-0.39, 0.29) is 27.9 Å². The number of methoxy groups -OCH3 is 1. The van der Waals surface area contributed by atoms with Crippen LogP contribution in [0.5, 0.6) is 5.75 Å². The Morgan fingerprint density at radius 3 is 2.50 bits per heavy atom. The highest BCUT2D eigenvalue weighted by molar-refractivity contribution is 7.99. The van der Waals surface area contributed by atoms with Gasteiger partial charge >= 0.3 is 0 Å². The number of thioether (sulfide) groups is 1. The number of carbonyl (C=O) groups excluding carboxylic acids is 1. The van der Waals surface area contributed by atoms with Crippen molar-refractivity contribution >= 4 is 29.1 Å². The first-order chi connectivity index (χ1) is 13.5. The van der Waals surface area contributed by atoms with Crippen LogP contribution in [0.4, 0.5) is 0 Å². The Bertz CT molecular complexity index is 1100. The third-order valence-corrected chi connectivity index (χ3v) is 5.00. The molecule has 1 N–H and O–H groups in total. The molecule has 8 heteroatoms. The molecule has 0 amide bonds. The highest BCUT2D eigenvalue weighted by Gasteiger charge is 2.15. The van der Waals surface area contributed by atoms with Gasteiger partial charge in [0.2, 0.25) is 0 Å². The number of hydrogen-bond acceptors (Lipinski definition) is 6. The number of nitrogens with one attached hydrogen (secondary N) is 1. The van der Waals surface area contributed by atoms with Crippen LogP contribution in [0, 0.1) is 11.3 Å². The van der Waals surface area contributed by atoms with Gasteiger partial charge in [0.15, 0.2) is 10.9 Å². The number of carbonyl (C=O) groups is 1. The summed E-state index contributed by atoms with van der Waals surface area (Å²) in [7, 11) is 1.55. The molecule has 0 aliphatic heterocycles. The third kappa shape index (κ3) is 4.42. The van der Waals surface area contributed by atoms with Gasteiger partial charge in [0.1, 0.15) is 17.4 Å². The van der Waals surface area contributed by atoms with Gasteiger partial charge in [0.25, 0.3) is 5.56 Å². The van der Waals surface area contributed by atoms with Crippen molar-refractivity contribution in [1.82, 2.24) is 9.97 Å². The van der Waals surface area contributed by atoms with Gasteiger partial charge < -0.3 is 9.72 Å². The lowest BCUT2D eigenvalue weighted by Gasteiger charge is -2.07. The van der Waals surface area contributed by atoms with Crippen LogP contribution in [0.3, 0.4) is 0 Å². The maximum atomic E-state index is 12.4. The average Bonchev–Trinajstić information content (AvgIpc) is 2.72. The van der Waals surface area contributed by atoms with Gasteiger partial charge in [-0.3, -0.25) is 9.59 Å². The lowest BCUT2D eigenvalue weighted by molar-refractivity contribution is 0.102. The molecule has 0 unspecified atom stereocenters. The fourth-order valence-electron chi connectivity index (χ4n) is 2.44. The first kappa shape index (κ1) is 19.7. The van der Waals surface area contributed by atoms with Crippen LogP contribution < -0.4 is 10.3 Å². The Morgan fingerprint density at radius 1 is 1.21 bits per heavy atom. The Hall–Kier alpha value is -3.08. The topological polar surface area (TPSA) is 95.8 Å². The molecule has 0 radical (unpaired) electrons. The molecule has 140 valence electrons. The van der Waals surface area contributed by atoms with Gasteiger partial charge in [-0.15, -0.1) is 0 Å². The largest absolute Gasteiger partial charge is 0.497 e. The minimum atomic E-state index is -0.554. The van der Waals surface area contributed by atoms with Gasteiger partial charge in [-0.2, -0.15) is 5.26 Å². The zero-order valence-electron chi connectivity index (χ0n) is 14.7. The minimum absolute atomic E-state index is 0.0846. The van der Waals surface area contributed by atoms with Gasteiger partial charge in [-0.1, -0.05) is 35.5 Å². The fraction of sp³-hybridized carbons (Fsp3) is 0.100. The fourth-order valence-corrected chi connectivity index (χ4v) is 3.32. The molecule has 0 saturated carbocycles. The van der Waals surface area contributed by atoms with Gasteiger partial charge in [0, 0.05) is 16.1 Å². The Kier molecular flexibility index (Phi) is 6.14. The van der Waals surface area contributed by atoms with Crippen LogP contribution in [0.25, 0.3) is 11.3 Å². The summed E-state index contributed by atoms with van der Waals surface area (Å²) in [5, 5.41) is 10.1. The molecule has 6 nitrogen and oxygen atoms in total. The number of rotatable bonds is 6. The average molecular weight is 412 g/mol. The molecule has 0 aliphatic rings. The summed E-state index contributed by atoms with van der Waals surface area (Å²) in [6.45, 7) is 0. The molecule has 0 aliphatic carbocycles. The number of H-pyrrole nitrogens is 1. The van der Waals surface area contributed by atoms with Crippen molar-refractivity contribution in [1.29, 1.82) is 5.26 Å². The second kappa shape index (κ2) is 8.74. The number of aromatic nitrogens is 2. The van der Waals surface area contributed by atoms with E-state index >= 15 is 0 Å². The molecule has 0 fully saturated rings. The summed E-state index contributed by atoms with van der Waals surface area (Å²) in [5.74, 6) is 0.629. The first-order valence-electron chi connectivity index (χ1n) is 8.12. The number of nitriles is 1. The van der Waals surface area contributed by atoms with E-state index in [0.29, 0.717) is 21.9 Å². The number of hydrogen-bond donors (Lipinski definition) is 1. The SMILES string of the molecule is COc1ccc(C(=O)CSc2nc(-c3ccc(Cl)cc3)c(C#N)c(=O)[nH]2)cc1. The predicted octanol–water partition coefficient (Wildman–Crippen LogP) is 3.95. The first-order valence-corrected chi connectivity index (χ1v) is 9.48. The van der Waals surface area contributed by atoms with E-state index in [2.05, 4.69) is 9.97 Å². The highest BCUT2D eigenvalue weighted by atomic mass is 35.5. The molecular formula is C20H14ClN3O3S. The van der Waals surface area contributed by atoms with Crippen LogP contribution in [-0.4, -0.2) is 28.6 Å². The monoisotopic (exact) mass is 411 g/mol. The third-order valence-electron chi connectivity index (χ3n) is 3.88. The van der Waals surface area contributed by atoms with Crippen molar-refractivity contribution in [2.75, 3.05) is 12.9 Å². The number of ether oxygens (including phenoxy) is 1. The Balaban J connectivity index is 1.84. The van der Waals surface area contributed by atoms with Gasteiger partial charge in [-0.25, -0.2) is 4.98 Å². The molecule has 3 aromatic rings. The number of aromatic amines is 1. The predicted molar refractivity (Wildman–Crippen MR) is 108 cm³/mol. The number of halogens is 1. The van der Waals surface area contributed by atoms with Crippen molar-refractivity contribution in [2.45, 2.75) is 5.16 Å². The van der Waals surface area contributed by atoms with E-state index in [9.17, 15) is 14.9 Å². The smallest absolute Gasteiger partial charge is 0.270 e. The van der Waals surface area contributed by atoms with Crippen molar-refractivity contribution in [3.8, 4) is 23.1 Å². The van der Waals surface area contributed by atoms with Crippen LogP contribution in [-0.2, 0) is 0 Å². The molecule has 28 heavy (non-hydrogen) atoms. The highest BCUT2D eigenvalue weighted by Crippen LogP contribution is 2.24. The van der Waals surface area contributed by atoms with E-state index in [1.165, 1.54) is 0 Å². The van der Waals surface area contributed by atoms with Gasteiger partial charge in [-0.05, 0) is 36.4 Å². The number of Topliss-reactive ketones (excluding diaryl/α,β-unsaturated/α-hetero) is 1. The molecular weight excluding hydrogens is 398 g/mol. The lowest BCUT2D eigenvalue weighted by atomic mass is 10.1. The zero-order valence-corrected chi connectivity index (χ0v) is 16.3. The summed E-state index contributed by atoms with van der Waals surface area (Å²) < 4.78 is 5.07. The van der Waals surface area contributed by atoms with E-state index in [0.717, 1.165) is 11.8 Å². The summed E-state index contributed by atoms with van der Waals surface area (Å²) >= 11 is 6.99. The molecule has 0 atom stereocenters. The molecule has 0 bridgehead atoms. The van der Waals surface area contributed by atoms with Crippen molar-refractivity contribution < 1.29 is 9.53 Å². The number of benzene rings is 2.